The van der Waals surface area contributed by atoms with Crippen LogP contribution in [0.15, 0.2) is 24.3 Å². The van der Waals surface area contributed by atoms with E-state index >= 15 is 0 Å². The molecule has 1 aliphatic carbocycles. The number of ether oxygens (including phenoxy) is 1. The zero-order chi connectivity index (χ0) is 20.1. The highest BCUT2D eigenvalue weighted by atomic mass is 16.5. The number of hydrogen-bond acceptors (Lipinski definition) is 6. The molecular weight excluding hydrogens is 358 g/mol. The van der Waals surface area contributed by atoms with E-state index in [-0.39, 0.29) is 17.6 Å². The van der Waals surface area contributed by atoms with Crippen LogP contribution in [-0.2, 0) is 4.79 Å². The van der Waals surface area contributed by atoms with Crippen LogP contribution >= 0.6 is 0 Å². The Morgan fingerprint density at radius 3 is 2.39 bits per heavy atom. The Morgan fingerprint density at radius 1 is 1.18 bits per heavy atom. The van der Waals surface area contributed by atoms with Crippen molar-refractivity contribution in [1.29, 1.82) is 0 Å². The molecule has 7 heteroatoms. The fourth-order valence-electron chi connectivity index (χ4n) is 3.38. The molecule has 0 aromatic heterocycles. The molecule has 0 bridgehead atoms. The van der Waals surface area contributed by atoms with Crippen molar-refractivity contribution >= 4 is 11.7 Å². The summed E-state index contributed by atoms with van der Waals surface area (Å²) in [6, 6.07) is 6.59. The molecule has 0 spiro atoms. The van der Waals surface area contributed by atoms with Gasteiger partial charge >= 0.3 is 0 Å². The molecule has 0 unspecified atom stereocenters. The van der Waals surface area contributed by atoms with Crippen molar-refractivity contribution < 1.29 is 19.4 Å². The summed E-state index contributed by atoms with van der Waals surface area (Å²) < 4.78 is 5.78. The van der Waals surface area contributed by atoms with Gasteiger partial charge in [-0.05, 0) is 50.5 Å². The third kappa shape index (κ3) is 5.53. The van der Waals surface area contributed by atoms with E-state index in [9.17, 15) is 14.7 Å². The van der Waals surface area contributed by atoms with Crippen LogP contribution in [0.25, 0.3) is 0 Å². The summed E-state index contributed by atoms with van der Waals surface area (Å²) >= 11 is 0. The Bertz CT molecular complexity index is 665. The molecule has 1 aromatic carbocycles. The van der Waals surface area contributed by atoms with Crippen molar-refractivity contribution in [3.05, 3.63) is 29.8 Å². The molecule has 0 radical (unpaired) electrons. The molecule has 1 saturated heterocycles. The monoisotopic (exact) mass is 389 g/mol. The van der Waals surface area contributed by atoms with Gasteiger partial charge in [-0.25, -0.2) is 0 Å². The van der Waals surface area contributed by atoms with Crippen molar-refractivity contribution in [2.24, 2.45) is 11.7 Å². The van der Waals surface area contributed by atoms with Crippen LogP contribution in [-0.4, -0.2) is 78.1 Å². The molecule has 1 aromatic rings. The van der Waals surface area contributed by atoms with Crippen LogP contribution in [0, 0.1) is 5.92 Å². The highest BCUT2D eigenvalue weighted by molar-refractivity contribution is 5.99. The van der Waals surface area contributed by atoms with E-state index in [4.69, 9.17) is 10.5 Å². The summed E-state index contributed by atoms with van der Waals surface area (Å²) in [5, 5.41) is 9.47. The minimum atomic E-state index is -0.842. The van der Waals surface area contributed by atoms with Gasteiger partial charge in [0.2, 0.25) is 5.91 Å². The van der Waals surface area contributed by atoms with E-state index in [0.717, 1.165) is 50.2 Å². The number of aliphatic hydroxyl groups is 1. The summed E-state index contributed by atoms with van der Waals surface area (Å²) in [7, 11) is 0. The Labute approximate surface area is 166 Å². The highest BCUT2D eigenvalue weighted by Crippen LogP contribution is 2.32. The number of benzene rings is 1. The lowest BCUT2D eigenvalue weighted by atomic mass is 10.1. The second-order valence-electron chi connectivity index (χ2n) is 7.80. The molecule has 1 amide bonds. The van der Waals surface area contributed by atoms with Gasteiger partial charge in [-0.2, -0.15) is 0 Å². The molecule has 1 aliphatic heterocycles. The van der Waals surface area contributed by atoms with E-state index in [1.165, 1.54) is 6.92 Å². The minimum Gasteiger partial charge on any atom is -0.494 e. The quantitative estimate of drug-likeness (QED) is 0.481. The molecule has 3 N–H and O–H groups in total. The van der Waals surface area contributed by atoms with Crippen LogP contribution in [0.3, 0.4) is 0 Å². The third-order valence-electron chi connectivity index (χ3n) is 5.46. The van der Waals surface area contributed by atoms with Gasteiger partial charge in [0.05, 0.1) is 12.7 Å². The molecule has 2 atom stereocenters. The fraction of sp³-hybridized carbons (Fsp3) is 0.619. The van der Waals surface area contributed by atoms with Crippen LogP contribution in [0.5, 0.6) is 5.75 Å². The van der Waals surface area contributed by atoms with Crippen molar-refractivity contribution in [2.45, 2.75) is 38.3 Å². The van der Waals surface area contributed by atoms with E-state index in [1.807, 2.05) is 24.3 Å². The Kier molecular flexibility index (Phi) is 7.04. The van der Waals surface area contributed by atoms with Gasteiger partial charge in [0.25, 0.3) is 0 Å². The molecule has 154 valence electrons. The predicted octanol–water partition coefficient (Wildman–Crippen LogP) is 0.901. The lowest BCUT2D eigenvalue weighted by molar-refractivity contribution is -0.136. The molecule has 2 fully saturated rings. The Balaban J connectivity index is 1.32. The smallest absolute Gasteiger partial charge is 0.242 e. The zero-order valence-electron chi connectivity index (χ0n) is 16.5. The van der Waals surface area contributed by atoms with Crippen molar-refractivity contribution in [3.63, 3.8) is 0 Å². The van der Waals surface area contributed by atoms with E-state index in [0.29, 0.717) is 19.7 Å². The standard InChI is InChI=1S/C21H31N3O4/c1-15(25)19(22)21(27)24-12-10-23(11-13-24)9-2-14-28-18-7-5-17(6-8-18)20(26)16-3-4-16/h5-8,15-16,19,25H,2-4,9-14,22H2,1H3/t15-,19+/m0/s1. The second-order valence-corrected chi connectivity index (χ2v) is 7.80. The van der Waals surface area contributed by atoms with Crippen LogP contribution in [0.2, 0.25) is 0 Å². The first kappa shape index (κ1) is 20.8. The van der Waals surface area contributed by atoms with Gasteiger partial charge < -0.3 is 20.5 Å². The lowest BCUT2D eigenvalue weighted by Gasteiger charge is -2.36. The summed E-state index contributed by atoms with van der Waals surface area (Å²) in [4.78, 5) is 28.2. The van der Waals surface area contributed by atoms with Gasteiger partial charge in [0.15, 0.2) is 5.78 Å². The average molecular weight is 389 g/mol. The van der Waals surface area contributed by atoms with Gasteiger partial charge in [0.1, 0.15) is 11.8 Å². The largest absolute Gasteiger partial charge is 0.494 e. The number of rotatable bonds is 9. The van der Waals surface area contributed by atoms with Crippen molar-refractivity contribution in [1.82, 2.24) is 9.80 Å². The zero-order valence-corrected chi connectivity index (χ0v) is 16.5. The van der Waals surface area contributed by atoms with Gasteiger partial charge in [-0.15, -0.1) is 0 Å². The molecule has 7 nitrogen and oxygen atoms in total. The van der Waals surface area contributed by atoms with Crippen molar-refractivity contribution in [2.75, 3.05) is 39.3 Å². The number of aliphatic hydroxyl groups excluding tert-OH is 1. The molecule has 1 heterocycles. The van der Waals surface area contributed by atoms with Crippen LogP contribution in [0.4, 0.5) is 0 Å². The number of Topliss-reactive ketones (excluding diaryl/α,β-unsaturated/α-hetero) is 1. The first-order valence-electron chi connectivity index (χ1n) is 10.2. The number of piperazine rings is 1. The maximum absolute atomic E-state index is 12.2. The van der Waals surface area contributed by atoms with Gasteiger partial charge in [0, 0.05) is 44.2 Å². The summed E-state index contributed by atoms with van der Waals surface area (Å²) in [6.45, 7) is 5.93. The average Bonchev–Trinajstić information content (AvgIpc) is 3.56. The van der Waals surface area contributed by atoms with Gasteiger partial charge in [-0.1, -0.05) is 0 Å². The SMILES string of the molecule is C[C@H](O)[C@@H](N)C(=O)N1CCN(CCCOc2ccc(C(=O)C3CC3)cc2)CC1. The first-order valence-corrected chi connectivity index (χ1v) is 10.2. The van der Waals surface area contributed by atoms with Gasteiger partial charge in [-0.3, -0.25) is 14.5 Å². The first-order chi connectivity index (χ1) is 13.5. The minimum absolute atomic E-state index is 0.179. The molecule has 2 aliphatic rings. The molecular formula is C21H31N3O4. The van der Waals surface area contributed by atoms with Crippen LogP contribution in [0.1, 0.15) is 36.5 Å². The summed E-state index contributed by atoms with van der Waals surface area (Å²) in [6.07, 6.45) is 2.10. The Hall–Kier alpha value is -1.96. The maximum atomic E-state index is 12.2. The summed E-state index contributed by atoms with van der Waals surface area (Å²) in [5.41, 5.74) is 6.51. The fourth-order valence-corrected chi connectivity index (χ4v) is 3.38. The number of carbonyl (C=O) groups excluding carboxylic acids is 2. The number of amides is 1. The van der Waals surface area contributed by atoms with Crippen LogP contribution < -0.4 is 10.5 Å². The normalized spacial score (nSPS) is 19.9. The number of nitrogens with two attached hydrogens (primary N) is 1. The number of ketones is 1. The third-order valence-corrected chi connectivity index (χ3v) is 5.46. The lowest BCUT2D eigenvalue weighted by Crippen LogP contribution is -2.55. The van der Waals surface area contributed by atoms with E-state index in [1.54, 1.807) is 4.90 Å². The summed E-state index contributed by atoms with van der Waals surface area (Å²) in [5.74, 6) is 1.10. The molecule has 3 rings (SSSR count). The highest BCUT2D eigenvalue weighted by Gasteiger charge is 2.30. The van der Waals surface area contributed by atoms with E-state index in [2.05, 4.69) is 4.90 Å². The second kappa shape index (κ2) is 9.49. The number of nitrogens with zero attached hydrogens (tertiary/aromatic N) is 2. The predicted molar refractivity (Wildman–Crippen MR) is 106 cm³/mol. The number of carbonyl (C=O) groups is 2. The Morgan fingerprint density at radius 2 is 1.82 bits per heavy atom. The molecule has 1 saturated carbocycles. The topological polar surface area (TPSA) is 96.1 Å². The maximum Gasteiger partial charge on any atom is 0.242 e. The van der Waals surface area contributed by atoms with E-state index < -0.39 is 12.1 Å². The number of hydrogen-bond donors (Lipinski definition) is 2. The van der Waals surface area contributed by atoms with Crippen molar-refractivity contribution in [3.8, 4) is 5.75 Å². The molecule has 28 heavy (non-hydrogen) atoms.